The number of carboxylic acid groups (broad SMARTS) is 1. The van der Waals surface area contributed by atoms with E-state index in [0.717, 1.165) is 0 Å². The van der Waals surface area contributed by atoms with E-state index in [1.165, 1.54) is 4.90 Å². The zero-order chi connectivity index (χ0) is 9.80. The summed E-state index contributed by atoms with van der Waals surface area (Å²) in [6.07, 6.45) is 0.470. The molecule has 0 aromatic carbocycles. The van der Waals surface area contributed by atoms with Crippen molar-refractivity contribution in [1.29, 1.82) is 0 Å². The average molecular weight is 200 g/mol. The topological polar surface area (TPSA) is 60.4 Å². The predicted molar refractivity (Wildman–Crippen MR) is 45.7 cm³/mol. The van der Waals surface area contributed by atoms with E-state index in [2.05, 4.69) is 0 Å². The molecule has 2 fully saturated rings. The molecule has 0 aromatic heterocycles. The molecule has 0 aromatic rings. The van der Waals surface area contributed by atoms with E-state index in [1.807, 2.05) is 13.8 Å². The third-order valence-corrected chi connectivity index (χ3v) is 4.04. The Morgan fingerprint density at radius 1 is 1.69 bits per heavy atom. The van der Waals surface area contributed by atoms with Gasteiger partial charge in [0.05, 0.1) is 23.8 Å². The highest BCUT2D eigenvalue weighted by Gasteiger charge is 2.55. The van der Waals surface area contributed by atoms with Gasteiger partial charge >= 0.3 is 0 Å². The van der Waals surface area contributed by atoms with Crippen LogP contribution < -0.4 is 5.11 Å². The summed E-state index contributed by atoms with van der Waals surface area (Å²) in [5.74, 6) is -1.22. The standard InChI is InChI=1S/C8H11NO3S/c1-8(2)6(7(11)12)9-4(10)3-5(9)13-8/h5-6H,3H2,1-2H3,(H,11,12)/p-1/t5-,6+/m1/s1. The van der Waals surface area contributed by atoms with Gasteiger partial charge in [-0.05, 0) is 13.8 Å². The van der Waals surface area contributed by atoms with Crippen LogP contribution in [0.3, 0.4) is 0 Å². The molecule has 0 aliphatic carbocycles. The fourth-order valence-corrected chi connectivity index (χ4v) is 3.58. The zero-order valence-electron chi connectivity index (χ0n) is 7.44. The smallest absolute Gasteiger partial charge is 0.227 e. The molecule has 0 radical (unpaired) electrons. The number of carbonyl (C=O) groups is 2. The molecule has 5 heteroatoms. The van der Waals surface area contributed by atoms with Crippen molar-refractivity contribution in [2.24, 2.45) is 0 Å². The van der Waals surface area contributed by atoms with E-state index in [1.54, 1.807) is 11.8 Å². The monoisotopic (exact) mass is 200 g/mol. The molecule has 0 saturated carbocycles. The number of thioether (sulfide) groups is 1. The van der Waals surface area contributed by atoms with Crippen LogP contribution in [0, 0.1) is 0 Å². The van der Waals surface area contributed by atoms with Crippen molar-refractivity contribution in [2.75, 3.05) is 0 Å². The molecule has 72 valence electrons. The Morgan fingerprint density at radius 2 is 2.31 bits per heavy atom. The van der Waals surface area contributed by atoms with Gasteiger partial charge in [-0.15, -0.1) is 11.8 Å². The number of hydrogen-bond donors (Lipinski definition) is 0. The Bertz CT molecular complexity index is 289. The maximum atomic E-state index is 11.1. The van der Waals surface area contributed by atoms with Crippen LogP contribution in [0.4, 0.5) is 0 Å². The van der Waals surface area contributed by atoms with Gasteiger partial charge in [-0.1, -0.05) is 0 Å². The number of aliphatic carboxylic acids is 1. The second kappa shape index (κ2) is 2.41. The highest BCUT2D eigenvalue weighted by atomic mass is 32.2. The minimum Gasteiger partial charge on any atom is -0.548 e. The Labute approximate surface area is 80.3 Å². The maximum absolute atomic E-state index is 11.1. The molecule has 4 nitrogen and oxygen atoms in total. The molecule has 1 amide bonds. The molecule has 2 rings (SSSR count). The largest absolute Gasteiger partial charge is 0.548 e. The summed E-state index contributed by atoms with van der Waals surface area (Å²) >= 11 is 1.54. The average Bonchev–Trinajstić information content (AvgIpc) is 2.18. The summed E-state index contributed by atoms with van der Waals surface area (Å²) in [5.41, 5.74) is 0. The fourth-order valence-electron chi connectivity index (χ4n) is 1.96. The normalized spacial score (nSPS) is 35.5. The van der Waals surface area contributed by atoms with Crippen molar-refractivity contribution in [3.05, 3.63) is 0 Å². The van der Waals surface area contributed by atoms with Crippen LogP contribution in [-0.2, 0) is 9.59 Å². The minimum atomic E-state index is -1.15. The Balaban J connectivity index is 2.30. The van der Waals surface area contributed by atoms with E-state index in [-0.39, 0.29) is 11.3 Å². The Kier molecular flexibility index (Phi) is 1.64. The number of amides is 1. The van der Waals surface area contributed by atoms with Crippen molar-refractivity contribution in [3.63, 3.8) is 0 Å². The first-order valence-corrected chi connectivity index (χ1v) is 5.01. The lowest BCUT2D eigenvalue weighted by molar-refractivity contribution is -0.312. The lowest BCUT2D eigenvalue weighted by Gasteiger charge is -2.39. The van der Waals surface area contributed by atoms with E-state index in [9.17, 15) is 14.7 Å². The number of rotatable bonds is 1. The zero-order valence-corrected chi connectivity index (χ0v) is 8.26. The molecule has 0 spiro atoms. The molecule has 2 heterocycles. The van der Waals surface area contributed by atoms with Crippen molar-refractivity contribution in [3.8, 4) is 0 Å². The second-order valence-electron chi connectivity index (χ2n) is 3.90. The first-order valence-electron chi connectivity index (χ1n) is 4.13. The molecule has 0 unspecified atom stereocenters. The van der Waals surface area contributed by atoms with Gasteiger partial charge in [-0.3, -0.25) is 4.79 Å². The van der Waals surface area contributed by atoms with Crippen LogP contribution in [0.2, 0.25) is 0 Å². The molecule has 0 bridgehead atoms. The summed E-state index contributed by atoms with van der Waals surface area (Å²) < 4.78 is -0.421. The predicted octanol–water partition coefficient (Wildman–Crippen LogP) is -0.811. The van der Waals surface area contributed by atoms with Crippen LogP contribution in [0.25, 0.3) is 0 Å². The van der Waals surface area contributed by atoms with Crippen LogP contribution in [0.15, 0.2) is 0 Å². The van der Waals surface area contributed by atoms with E-state index in [0.29, 0.717) is 6.42 Å². The van der Waals surface area contributed by atoms with Crippen LogP contribution in [0.1, 0.15) is 20.3 Å². The first-order chi connectivity index (χ1) is 5.93. The summed E-state index contributed by atoms with van der Waals surface area (Å²) in [4.78, 5) is 23.4. The summed E-state index contributed by atoms with van der Waals surface area (Å²) in [5, 5.41) is 10.9. The molecular weight excluding hydrogens is 190 g/mol. The van der Waals surface area contributed by atoms with Gasteiger partial charge in [-0.2, -0.15) is 0 Å². The number of β-lactam (4-membered cyclic amide) rings is 1. The highest BCUT2D eigenvalue weighted by Crippen LogP contribution is 2.50. The number of nitrogens with zero attached hydrogens (tertiary/aromatic N) is 1. The molecule has 2 saturated heterocycles. The Morgan fingerprint density at radius 3 is 2.69 bits per heavy atom. The van der Waals surface area contributed by atoms with Crippen molar-refractivity contribution < 1.29 is 14.7 Å². The van der Waals surface area contributed by atoms with Gasteiger partial charge in [0.2, 0.25) is 5.91 Å². The highest BCUT2D eigenvalue weighted by molar-refractivity contribution is 8.01. The van der Waals surface area contributed by atoms with E-state index in [4.69, 9.17) is 0 Å². The SMILES string of the molecule is CC1(C)S[C@@H]2CC(=O)N2[C@H]1C(=O)[O-]. The number of hydrogen-bond acceptors (Lipinski definition) is 4. The van der Waals surface area contributed by atoms with Crippen molar-refractivity contribution in [2.45, 2.75) is 36.4 Å². The van der Waals surface area contributed by atoms with Crippen LogP contribution in [-0.4, -0.2) is 32.9 Å². The number of fused-ring (bicyclic) bond motifs is 1. The van der Waals surface area contributed by atoms with Gasteiger partial charge in [-0.25, -0.2) is 0 Å². The molecule has 0 N–H and O–H groups in total. The van der Waals surface area contributed by atoms with Gasteiger partial charge in [0.1, 0.15) is 0 Å². The van der Waals surface area contributed by atoms with Crippen molar-refractivity contribution in [1.82, 2.24) is 4.90 Å². The molecular formula is C8H10NO3S-. The quantitative estimate of drug-likeness (QED) is 0.519. The molecule has 2 atom stereocenters. The number of carbonyl (C=O) groups excluding carboxylic acids is 2. The second-order valence-corrected chi connectivity index (χ2v) is 5.73. The maximum Gasteiger partial charge on any atom is 0.227 e. The summed E-state index contributed by atoms with van der Waals surface area (Å²) in [6.45, 7) is 3.67. The third kappa shape index (κ3) is 1.06. The lowest BCUT2D eigenvalue weighted by atomic mass is 9.98. The van der Waals surface area contributed by atoms with Crippen LogP contribution >= 0.6 is 11.8 Å². The Hall–Kier alpha value is -0.710. The molecule has 13 heavy (non-hydrogen) atoms. The van der Waals surface area contributed by atoms with Gasteiger partial charge in [0.25, 0.3) is 0 Å². The summed E-state index contributed by atoms with van der Waals surface area (Å²) in [7, 11) is 0. The first kappa shape index (κ1) is 8.87. The van der Waals surface area contributed by atoms with E-state index >= 15 is 0 Å². The van der Waals surface area contributed by atoms with Gasteiger partial charge < -0.3 is 14.8 Å². The third-order valence-electron chi connectivity index (χ3n) is 2.55. The van der Waals surface area contributed by atoms with Gasteiger partial charge in [0, 0.05) is 4.75 Å². The number of carboxylic acids is 1. The molecule has 2 aliphatic heterocycles. The minimum absolute atomic E-state index is 0.0606. The van der Waals surface area contributed by atoms with Crippen LogP contribution in [0.5, 0.6) is 0 Å². The molecule has 2 aliphatic rings. The summed E-state index contributed by atoms with van der Waals surface area (Å²) in [6, 6.07) is -0.760. The van der Waals surface area contributed by atoms with Crippen molar-refractivity contribution >= 4 is 23.6 Å². The van der Waals surface area contributed by atoms with E-state index < -0.39 is 16.8 Å². The lowest BCUT2D eigenvalue weighted by Crippen LogP contribution is -2.60. The van der Waals surface area contributed by atoms with Gasteiger partial charge in [0.15, 0.2) is 0 Å². The fraction of sp³-hybridized carbons (Fsp3) is 0.750.